The quantitative estimate of drug-likeness (QED) is 0.574. The highest BCUT2D eigenvalue weighted by Gasteiger charge is 2.37. The Morgan fingerprint density at radius 3 is 2.53 bits per heavy atom. The topological polar surface area (TPSA) is 72.3 Å². The molecule has 30 heavy (non-hydrogen) atoms. The van der Waals surface area contributed by atoms with Crippen molar-refractivity contribution in [3.8, 4) is 0 Å². The molecule has 0 spiro atoms. The molecule has 1 amide bonds. The van der Waals surface area contributed by atoms with Crippen LogP contribution in [0.2, 0.25) is 5.02 Å². The first-order chi connectivity index (χ1) is 14.3. The van der Waals surface area contributed by atoms with Gasteiger partial charge in [-0.25, -0.2) is 13.4 Å². The Kier molecular flexibility index (Phi) is 5.95. The minimum absolute atomic E-state index is 0.0395. The summed E-state index contributed by atoms with van der Waals surface area (Å²) in [5.74, 6) is 0.704. The molecule has 4 rings (SSSR count). The normalized spacial score (nSPS) is 16.8. The number of halogens is 1. The third-order valence-corrected chi connectivity index (χ3v) is 7.62. The molecule has 0 unspecified atom stereocenters. The molecule has 2 aromatic rings. The van der Waals surface area contributed by atoms with Gasteiger partial charge in [-0.3, -0.25) is 4.79 Å². The standard InChI is InChI=1S/C22H28ClN3O3S/c1-15(2)26-19(13-25(12-16-7-8-16)21(27)17-9-10-17)11-24-22(26)30(28,29)14-18-5-3-4-6-20(18)23/h3-6,11,15-17H,7-10,12-14H2,1-2H3. The van der Waals surface area contributed by atoms with Crippen LogP contribution in [-0.2, 0) is 26.9 Å². The van der Waals surface area contributed by atoms with Crippen LogP contribution in [-0.4, -0.2) is 35.3 Å². The first kappa shape index (κ1) is 21.4. The summed E-state index contributed by atoms with van der Waals surface area (Å²) in [4.78, 5) is 19.0. The molecular formula is C22H28ClN3O3S. The minimum Gasteiger partial charge on any atom is -0.336 e. The van der Waals surface area contributed by atoms with Crippen molar-refractivity contribution in [1.82, 2.24) is 14.5 Å². The van der Waals surface area contributed by atoms with Crippen molar-refractivity contribution in [2.24, 2.45) is 11.8 Å². The Labute approximate surface area is 183 Å². The lowest BCUT2D eigenvalue weighted by atomic mass is 10.2. The fraction of sp³-hybridized carbons (Fsp3) is 0.545. The molecule has 162 valence electrons. The molecule has 0 N–H and O–H groups in total. The first-order valence-electron chi connectivity index (χ1n) is 10.6. The Bertz CT molecular complexity index is 1040. The molecule has 0 radical (unpaired) electrons. The van der Waals surface area contributed by atoms with Gasteiger partial charge in [-0.15, -0.1) is 0 Å². The maximum Gasteiger partial charge on any atom is 0.228 e. The fourth-order valence-electron chi connectivity index (χ4n) is 3.79. The van der Waals surface area contributed by atoms with Crippen LogP contribution in [0.3, 0.4) is 0 Å². The van der Waals surface area contributed by atoms with Gasteiger partial charge < -0.3 is 9.47 Å². The number of carbonyl (C=O) groups excluding carboxylic acids is 1. The highest BCUT2D eigenvalue weighted by atomic mass is 35.5. The number of hydrogen-bond acceptors (Lipinski definition) is 4. The minimum atomic E-state index is -3.70. The third kappa shape index (κ3) is 4.72. The summed E-state index contributed by atoms with van der Waals surface area (Å²) in [5.41, 5.74) is 1.32. The maximum atomic E-state index is 13.2. The fourth-order valence-corrected chi connectivity index (χ4v) is 5.70. The molecule has 1 heterocycles. The summed E-state index contributed by atoms with van der Waals surface area (Å²) in [5, 5.41) is 0.465. The van der Waals surface area contributed by atoms with Gasteiger partial charge in [0.2, 0.25) is 20.9 Å². The number of hydrogen-bond donors (Lipinski definition) is 0. The van der Waals surface area contributed by atoms with Crippen molar-refractivity contribution < 1.29 is 13.2 Å². The Morgan fingerprint density at radius 2 is 1.93 bits per heavy atom. The number of imidazole rings is 1. The number of carbonyl (C=O) groups is 1. The predicted octanol–water partition coefficient (Wildman–Crippen LogP) is 4.24. The van der Waals surface area contributed by atoms with E-state index in [1.165, 1.54) is 0 Å². The molecule has 2 fully saturated rings. The van der Waals surface area contributed by atoms with Gasteiger partial charge in [0.1, 0.15) is 0 Å². The lowest BCUT2D eigenvalue weighted by molar-refractivity contribution is -0.133. The van der Waals surface area contributed by atoms with Gasteiger partial charge in [0.25, 0.3) is 0 Å². The number of rotatable bonds is 9. The van der Waals surface area contributed by atoms with Crippen LogP contribution in [0.1, 0.15) is 56.8 Å². The van der Waals surface area contributed by atoms with Gasteiger partial charge in [0, 0.05) is 23.5 Å². The van der Waals surface area contributed by atoms with Crippen LogP contribution in [0.15, 0.2) is 35.6 Å². The lowest BCUT2D eigenvalue weighted by Crippen LogP contribution is -2.34. The number of sulfone groups is 1. The molecular weight excluding hydrogens is 422 g/mol. The molecule has 1 aromatic carbocycles. The van der Waals surface area contributed by atoms with E-state index in [0.717, 1.165) is 37.9 Å². The zero-order valence-corrected chi connectivity index (χ0v) is 19.0. The second-order valence-corrected chi connectivity index (χ2v) is 11.1. The number of aromatic nitrogens is 2. The van der Waals surface area contributed by atoms with E-state index in [-0.39, 0.29) is 28.8 Å². The van der Waals surface area contributed by atoms with E-state index in [0.29, 0.717) is 23.0 Å². The molecule has 0 atom stereocenters. The van der Waals surface area contributed by atoms with Crippen molar-refractivity contribution in [1.29, 1.82) is 0 Å². The molecule has 2 aliphatic rings. The van der Waals surface area contributed by atoms with Crippen molar-refractivity contribution >= 4 is 27.3 Å². The molecule has 0 saturated heterocycles. The van der Waals surface area contributed by atoms with Crippen LogP contribution < -0.4 is 0 Å². The van der Waals surface area contributed by atoms with E-state index in [9.17, 15) is 13.2 Å². The average molecular weight is 450 g/mol. The van der Waals surface area contributed by atoms with Crippen molar-refractivity contribution in [2.75, 3.05) is 6.54 Å². The highest BCUT2D eigenvalue weighted by Crippen LogP contribution is 2.35. The maximum absolute atomic E-state index is 13.2. The van der Waals surface area contributed by atoms with Crippen LogP contribution in [0.5, 0.6) is 0 Å². The summed E-state index contributed by atoms with van der Waals surface area (Å²) in [6, 6.07) is 6.85. The predicted molar refractivity (Wildman–Crippen MR) is 116 cm³/mol. The van der Waals surface area contributed by atoms with Crippen LogP contribution >= 0.6 is 11.6 Å². The van der Waals surface area contributed by atoms with Gasteiger partial charge in [-0.1, -0.05) is 29.8 Å². The van der Waals surface area contributed by atoms with Crippen molar-refractivity contribution in [2.45, 2.75) is 63.0 Å². The van der Waals surface area contributed by atoms with Crippen LogP contribution in [0.4, 0.5) is 0 Å². The average Bonchev–Trinajstić information content (AvgIpc) is 3.61. The van der Waals surface area contributed by atoms with E-state index in [1.54, 1.807) is 35.0 Å². The number of amides is 1. The summed E-state index contributed by atoms with van der Waals surface area (Å²) in [6.07, 6.45) is 5.85. The largest absolute Gasteiger partial charge is 0.336 e. The van der Waals surface area contributed by atoms with E-state index < -0.39 is 9.84 Å². The molecule has 8 heteroatoms. The van der Waals surface area contributed by atoms with Gasteiger partial charge in [0.05, 0.1) is 24.2 Å². The monoisotopic (exact) mass is 449 g/mol. The molecule has 2 aliphatic carbocycles. The van der Waals surface area contributed by atoms with Gasteiger partial charge in [-0.05, 0) is 57.1 Å². The molecule has 0 bridgehead atoms. The van der Waals surface area contributed by atoms with Gasteiger partial charge in [-0.2, -0.15) is 0 Å². The smallest absolute Gasteiger partial charge is 0.228 e. The second-order valence-electron chi connectivity index (χ2n) is 8.78. The van der Waals surface area contributed by atoms with Crippen molar-refractivity contribution in [3.05, 3.63) is 46.7 Å². The summed E-state index contributed by atoms with van der Waals surface area (Å²) < 4.78 is 28.1. The number of nitrogens with zero attached hydrogens (tertiary/aromatic N) is 3. The van der Waals surface area contributed by atoms with E-state index in [4.69, 9.17) is 11.6 Å². The molecule has 0 aliphatic heterocycles. The Morgan fingerprint density at radius 1 is 1.23 bits per heavy atom. The molecule has 2 saturated carbocycles. The van der Waals surface area contributed by atoms with Crippen LogP contribution in [0.25, 0.3) is 0 Å². The highest BCUT2D eigenvalue weighted by molar-refractivity contribution is 7.90. The SMILES string of the molecule is CC(C)n1c(CN(CC2CC2)C(=O)C2CC2)cnc1S(=O)(=O)Cc1ccccc1Cl. The zero-order chi connectivity index (χ0) is 21.5. The summed E-state index contributed by atoms with van der Waals surface area (Å²) in [7, 11) is -3.70. The summed E-state index contributed by atoms with van der Waals surface area (Å²) >= 11 is 6.18. The second kappa shape index (κ2) is 8.35. The Balaban J connectivity index is 1.62. The van der Waals surface area contributed by atoms with E-state index in [1.807, 2.05) is 18.7 Å². The Hall–Kier alpha value is -1.86. The van der Waals surface area contributed by atoms with Gasteiger partial charge in [0.15, 0.2) is 0 Å². The van der Waals surface area contributed by atoms with Crippen molar-refractivity contribution in [3.63, 3.8) is 0 Å². The summed E-state index contributed by atoms with van der Waals surface area (Å²) in [6.45, 7) is 5.03. The molecule has 6 nitrogen and oxygen atoms in total. The zero-order valence-electron chi connectivity index (χ0n) is 17.4. The van der Waals surface area contributed by atoms with E-state index >= 15 is 0 Å². The lowest BCUT2D eigenvalue weighted by Gasteiger charge is -2.24. The van der Waals surface area contributed by atoms with Crippen LogP contribution in [0, 0.1) is 11.8 Å². The third-order valence-electron chi connectivity index (χ3n) is 5.70. The van der Waals surface area contributed by atoms with E-state index in [2.05, 4.69) is 4.98 Å². The first-order valence-corrected chi connectivity index (χ1v) is 12.6. The molecule has 1 aromatic heterocycles. The number of benzene rings is 1. The van der Waals surface area contributed by atoms with Gasteiger partial charge >= 0.3 is 0 Å².